The van der Waals surface area contributed by atoms with E-state index in [1.807, 2.05) is 66.7 Å². The standard InChI is InChI=1S/C33H27F3N4O3/c34-33(35,36)43-27-16-11-24(12-17-27)31-38-29(30(32(41)42)40(31)26-14-15-26)25-13-18-28(37-19-25)39(20-22-7-3-1-4-8-22)21-23-9-5-2-6-10-23/h1-13,16-19,26H,14-15,20-21H2,(H,41,42)/p-1. The fourth-order valence-corrected chi connectivity index (χ4v) is 5.07. The van der Waals surface area contributed by atoms with E-state index in [1.165, 1.54) is 24.3 Å². The number of aromatic nitrogens is 3. The van der Waals surface area contributed by atoms with Crippen LogP contribution in [0.1, 0.15) is 40.5 Å². The summed E-state index contributed by atoms with van der Waals surface area (Å²) in [5, 5.41) is 12.4. The van der Waals surface area contributed by atoms with Crippen molar-refractivity contribution < 1.29 is 27.8 Å². The van der Waals surface area contributed by atoms with Crippen LogP contribution in [0, 0.1) is 0 Å². The number of hydrogen-bond donors (Lipinski definition) is 0. The second-order valence-electron chi connectivity index (χ2n) is 10.3. The molecule has 1 fully saturated rings. The van der Waals surface area contributed by atoms with Crippen LogP contribution in [0.15, 0.2) is 103 Å². The van der Waals surface area contributed by atoms with Gasteiger partial charge in [0.25, 0.3) is 0 Å². The smallest absolute Gasteiger partial charge is 0.543 e. The minimum Gasteiger partial charge on any atom is -0.543 e. The van der Waals surface area contributed by atoms with Crippen LogP contribution in [-0.4, -0.2) is 26.9 Å². The molecule has 1 aliphatic carbocycles. The fourth-order valence-electron chi connectivity index (χ4n) is 5.07. The fraction of sp³-hybridized carbons (Fsp3) is 0.182. The normalized spacial score (nSPS) is 13.1. The maximum Gasteiger partial charge on any atom is 0.573 e. The van der Waals surface area contributed by atoms with Gasteiger partial charge < -0.3 is 24.1 Å². The molecule has 2 aromatic heterocycles. The second kappa shape index (κ2) is 11.6. The molecule has 0 aliphatic heterocycles. The molecule has 0 radical (unpaired) electrons. The van der Waals surface area contributed by atoms with Gasteiger partial charge in [0.2, 0.25) is 0 Å². The number of halogens is 3. The van der Waals surface area contributed by atoms with Crippen molar-refractivity contribution in [1.82, 2.24) is 14.5 Å². The van der Waals surface area contributed by atoms with E-state index in [2.05, 4.69) is 14.6 Å². The highest BCUT2D eigenvalue weighted by atomic mass is 19.4. The number of carbonyl (C=O) groups is 1. The second-order valence-corrected chi connectivity index (χ2v) is 10.3. The molecule has 0 saturated heterocycles. The lowest BCUT2D eigenvalue weighted by atomic mass is 10.1. The third kappa shape index (κ3) is 6.53. The van der Waals surface area contributed by atoms with E-state index < -0.39 is 12.3 Å². The van der Waals surface area contributed by atoms with Crippen molar-refractivity contribution >= 4 is 11.8 Å². The zero-order valence-electron chi connectivity index (χ0n) is 22.9. The highest BCUT2D eigenvalue weighted by molar-refractivity contribution is 5.93. The van der Waals surface area contributed by atoms with E-state index in [4.69, 9.17) is 4.98 Å². The van der Waals surface area contributed by atoms with Crippen LogP contribution in [0.4, 0.5) is 19.0 Å². The average Bonchev–Trinajstić information content (AvgIpc) is 3.76. The summed E-state index contributed by atoms with van der Waals surface area (Å²) in [6, 6.07) is 28.8. The predicted octanol–water partition coefficient (Wildman–Crippen LogP) is 6.42. The number of carboxylic acid groups (broad SMARTS) is 1. The zero-order valence-corrected chi connectivity index (χ0v) is 22.9. The lowest BCUT2D eigenvalue weighted by Gasteiger charge is -2.24. The first-order valence-corrected chi connectivity index (χ1v) is 13.7. The van der Waals surface area contributed by atoms with Gasteiger partial charge in [-0.1, -0.05) is 60.7 Å². The van der Waals surface area contributed by atoms with Crippen molar-refractivity contribution in [3.05, 3.63) is 120 Å². The summed E-state index contributed by atoms with van der Waals surface area (Å²) in [6.07, 6.45) is -1.72. The molecule has 0 N–H and O–H groups in total. The highest BCUT2D eigenvalue weighted by Gasteiger charge is 2.33. The third-order valence-electron chi connectivity index (χ3n) is 7.14. The van der Waals surface area contributed by atoms with E-state index in [9.17, 15) is 23.1 Å². The van der Waals surface area contributed by atoms with Crippen molar-refractivity contribution in [3.8, 4) is 28.4 Å². The van der Waals surface area contributed by atoms with Gasteiger partial charge in [-0.3, -0.25) is 0 Å². The molecule has 1 aliphatic rings. The molecule has 2 heterocycles. The van der Waals surface area contributed by atoms with E-state index in [-0.39, 0.29) is 23.2 Å². The van der Waals surface area contributed by atoms with E-state index in [0.717, 1.165) is 24.0 Å². The molecule has 5 aromatic rings. The van der Waals surface area contributed by atoms with Crippen LogP contribution in [-0.2, 0) is 13.1 Å². The molecule has 0 spiro atoms. The van der Waals surface area contributed by atoms with Gasteiger partial charge in [0.05, 0.1) is 17.4 Å². The molecule has 218 valence electrons. The third-order valence-corrected chi connectivity index (χ3v) is 7.14. The minimum atomic E-state index is -4.82. The van der Waals surface area contributed by atoms with Gasteiger partial charge in [-0.25, -0.2) is 9.97 Å². The SMILES string of the molecule is O=C([O-])c1c(-c2ccc(N(Cc3ccccc3)Cc3ccccc3)nc2)nc(-c2ccc(OC(F)(F)F)cc2)n1C1CC1. The van der Waals surface area contributed by atoms with Crippen LogP contribution in [0.3, 0.4) is 0 Å². The Balaban J connectivity index is 1.35. The van der Waals surface area contributed by atoms with Gasteiger partial charge in [-0.2, -0.15) is 0 Å². The van der Waals surface area contributed by atoms with Crippen LogP contribution in [0.25, 0.3) is 22.6 Å². The van der Waals surface area contributed by atoms with Crippen molar-refractivity contribution in [2.45, 2.75) is 38.3 Å². The summed E-state index contributed by atoms with van der Waals surface area (Å²) < 4.78 is 43.5. The molecule has 43 heavy (non-hydrogen) atoms. The first-order valence-electron chi connectivity index (χ1n) is 13.7. The number of imidazole rings is 1. The molecular formula is C33H26F3N4O3-. The summed E-state index contributed by atoms with van der Waals surface area (Å²) in [5.41, 5.74) is 3.27. The van der Waals surface area contributed by atoms with Gasteiger partial charge in [0.1, 0.15) is 17.4 Å². The van der Waals surface area contributed by atoms with Crippen LogP contribution in [0.2, 0.25) is 0 Å². The summed E-state index contributed by atoms with van der Waals surface area (Å²) in [5.74, 6) is -0.740. The first kappa shape index (κ1) is 28.0. The van der Waals surface area contributed by atoms with E-state index in [0.29, 0.717) is 35.9 Å². The molecule has 6 rings (SSSR count). The van der Waals surface area contributed by atoms with Crippen molar-refractivity contribution in [2.75, 3.05) is 4.90 Å². The monoisotopic (exact) mass is 583 g/mol. The Kier molecular flexibility index (Phi) is 7.58. The summed E-state index contributed by atoms with van der Waals surface area (Å²) in [4.78, 5) is 24.0. The number of rotatable bonds is 10. The number of pyridine rings is 1. The maximum absolute atomic E-state index is 12.7. The van der Waals surface area contributed by atoms with E-state index in [1.54, 1.807) is 16.8 Å². The number of alkyl halides is 3. The zero-order chi connectivity index (χ0) is 30.0. The summed E-state index contributed by atoms with van der Waals surface area (Å²) >= 11 is 0. The quantitative estimate of drug-likeness (QED) is 0.189. The molecule has 3 aromatic carbocycles. The van der Waals surface area contributed by atoms with Crippen molar-refractivity contribution in [3.63, 3.8) is 0 Å². The lowest BCUT2D eigenvalue weighted by Crippen LogP contribution is -2.26. The molecule has 10 heteroatoms. The Labute approximate surface area is 245 Å². The van der Waals surface area contributed by atoms with Gasteiger partial charge >= 0.3 is 6.36 Å². The van der Waals surface area contributed by atoms with E-state index >= 15 is 0 Å². The topological polar surface area (TPSA) is 83.3 Å². The Morgan fingerprint density at radius 1 is 0.860 bits per heavy atom. The Hall–Kier alpha value is -5.12. The molecule has 0 bridgehead atoms. The molecule has 7 nitrogen and oxygen atoms in total. The Bertz CT molecular complexity index is 1660. The Morgan fingerprint density at radius 3 is 1.93 bits per heavy atom. The molecular weight excluding hydrogens is 557 g/mol. The number of benzene rings is 3. The summed E-state index contributed by atoms with van der Waals surface area (Å²) in [6.45, 7) is 1.22. The van der Waals surface area contributed by atoms with Gasteiger partial charge in [-0.15, -0.1) is 13.2 Å². The van der Waals surface area contributed by atoms with Gasteiger partial charge in [0, 0.05) is 36.5 Å². The lowest BCUT2D eigenvalue weighted by molar-refractivity contribution is -0.274. The number of carbonyl (C=O) groups excluding carboxylic acids is 1. The molecule has 0 amide bonds. The van der Waals surface area contributed by atoms with Crippen LogP contribution >= 0.6 is 0 Å². The summed E-state index contributed by atoms with van der Waals surface area (Å²) in [7, 11) is 0. The number of hydrogen-bond acceptors (Lipinski definition) is 6. The minimum absolute atomic E-state index is 0.0897. The number of anilines is 1. The van der Waals surface area contributed by atoms with Crippen LogP contribution < -0.4 is 14.7 Å². The van der Waals surface area contributed by atoms with Crippen LogP contribution in [0.5, 0.6) is 5.75 Å². The number of carboxylic acids is 1. The molecule has 0 unspecified atom stereocenters. The predicted molar refractivity (Wildman–Crippen MR) is 153 cm³/mol. The molecule has 0 atom stereocenters. The molecule has 1 saturated carbocycles. The largest absolute Gasteiger partial charge is 0.573 e. The van der Waals surface area contributed by atoms with Gasteiger partial charge in [-0.05, 0) is 60.4 Å². The van der Waals surface area contributed by atoms with Crippen molar-refractivity contribution in [1.29, 1.82) is 0 Å². The number of aromatic carboxylic acids is 1. The number of nitrogens with zero attached hydrogens (tertiary/aromatic N) is 4. The maximum atomic E-state index is 12.7. The highest BCUT2D eigenvalue weighted by Crippen LogP contribution is 2.42. The first-order chi connectivity index (χ1) is 20.7. The number of ether oxygens (including phenoxy) is 1. The van der Waals surface area contributed by atoms with Crippen molar-refractivity contribution in [2.24, 2.45) is 0 Å². The Morgan fingerprint density at radius 2 is 1.44 bits per heavy atom. The average molecular weight is 584 g/mol. The van der Waals surface area contributed by atoms with Gasteiger partial charge in [0.15, 0.2) is 0 Å².